The highest BCUT2D eigenvalue weighted by Gasteiger charge is 2.22. The monoisotopic (exact) mass is 365 g/mol. The Balaban J connectivity index is 1.58. The van der Waals surface area contributed by atoms with Crippen molar-refractivity contribution in [1.29, 1.82) is 0 Å². The van der Waals surface area contributed by atoms with Crippen LogP contribution in [0.1, 0.15) is 17.0 Å². The van der Waals surface area contributed by atoms with Crippen LogP contribution in [0.3, 0.4) is 0 Å². The number of hydrogen-bond donors (Lipinski definition) is 1. The SMILES string of the molecule is O=C(Nc1cnc(-c2ccccc2)nc1)C(c1ccccc1)c1ccccc1. The number of hydrogen-bond acceptors (Lipinski definition) is 3. The Morgan fingerprint density at radius 3 is 1.64 bits per heavy atom. The zero-order valence-electron chi connectivity index (χ0n) is 15.2. The van der Waals surface area contributed by atoms with Gasteiger partial charge in [0.15, 0.2) is 5.82 Å². The first kappa shape index (κ1) is 17.6. The third-order valence-electron chi connectivity index (χ3n) is 4.48. The van der Waals surface area contributed by atoms with Gasteiger partial charge in [-0.1, -0.05) is 91.0 Å². The lowest BCUT2D eigenvalue weighted by atomic mass is 9.90. The molecule has 0 atom stereocenters. The third kappa shape index (κ3) is 3.96. The molecule has 136 valence electrons. The predicted octanol–water partition coefficient (Wildman–Crippen LogP) is 4.91. The van der Waals surface area contributed by atoms with Crippen molar-refractivity contribution in [3.8, 4) is 11.4 Å². The van der Waals surface area contributed by atoms with Crippen LogP contribution >= 0.6 is 0 Å². The molecular formula is C24H19N3O. The maximum Gasteiger partial charge on any atom is 0.236 e. The Kier molecular flexibility index (Phi) is 5.20. The molecule has 1 aromatic heterocycles. The molecule has 4 aromatic rings. The molecule has 0 radical (unpaired) electrons. The largest absolute Gasteiger partial charge is 0.323 e. The molecule has 0 unspecified atom stereocenters. The fraction of sp³-hybridized carbons (Fsp3) is 0.0417. The van der Waals surface area contributed by atoms with Gasteiger partial charge in [-0.05, 0) is 11.1 Å². The highest BCUT2D eigenvalue weighted by molar-refractivity contribution is 5.98. The number of rotatable bonds is 5. The minimum atomic E-state index is -0.406. The Bertz CT molecular complexity index is 994. The maximum absolute atomic E-state index is 13.1. The Labute approximate surface area is 163 Å². The maximum atomic E-state index is 13.1. The van der Waals surface area contributed by atoms with Gasteiger partial charge < -0.3 is 5.32 Å². The lowest BCUT2D eigenvalue weighted by Gasteiger charge is -2.17. The second kappa shape index (κ2) is 8.27. The summed E-state index contributed by atoms with van der Waals surface area (Å²) in [5.74, 6) is 0.103. The first-order valence-electron chi connectivity index (χ1n) is 9.09. The van der Waals surface area contributed by atoms with Crippen LogP contribution in [0.4, 0.5) is 5.69 Å². The van der Waals surface area contributed by atoms with Gasteiger partial charge in [0.25, 0.3) is 0 Å². The number of aromatic nitrogens is 2. The summed E-state index contributed by atoms with van der Waals surface area (Å²) in [6.07, 6.45) is 3.28. The fourth-order valence-corrected chi connectivity index (χ4v) is 3.13. The van der Waals surface area contributed by atoms with Gasteiger partial charge in [-0.15, -0.1) is 0 Å². The van der Waals surface area contributed by atoms with Crippen molar-refractivity contribution in [2.45, 2.75) is 5.92 Å². The third-order valence-corrected chi connectivity index (χ3v) is 4.48. The highest BCUT2D eigenvalue weighted by Crippen LogP contribution is 2.26. The fourth-order valence-electron chi connectivity index (χ4n) is 3.13. The van der Waals surface area contributed by atoms with Crippen LogP contribution in [-0.4, -0.2) is 15.9 Å². The smallest absolute Gasteiger partial charge is 0.236 e. The summed E-state index contributed by atoms with van der Waals surface area (Å²) >= 11 is 0. The van der Waals surface area contributed by atoms with Crippen LogP contribution in [0.5, 0.6) is 0 Å². The molecule has 0 aliphatic heterocycles. The van der Waals surface area contributed by atoms with Gasteiger partial charge in [0, 0.05) is 5.56 Å². The van der Waals surface area contributed by atoms with Gasteiger partial charge in [0.05, 0.1) is 24.0 Å². The number of nitrogens with zero attached hydrogens (tertiary/aromatic N) is 2. The molecule has 28 heavy (non-hydrogen) atoms. The quantitative estimate of drug-likeness (QED) is 0.546. The van der Waals surface area contributed by atoms with Crippen LogP contribution in [0.25, 0.3) is 11.4 Å². The number of nitrogens with one attached hydrogen (secondary N) is 1. The summed E-state index contributed by atoms with van der Waals surface area (Å²) in [6.45, 7) is 0. The number of amides is 1. The second-order valence-electron chi connectivity index (χ2n) is 6.41. The molecule has 1 amide bonds. The van der Waals surface area contributed by atoms with Crippen LogP contribution in [0.2, 0.25) is 0 Å². The van der Waals surface area contributed by atoms with Crippen molar-refractivity contribution in [3.05, 3.63) is 115 Å². The van der Waals surface area contributed by atoms with Crippen LogP contribution in [0.15, 0.2) is 103 Å². The first-order chi connectivity index (χ1) is 13.8. The van der Waals surface area contributed by atoms with E-state index in [9.17, 15) is 4.79 Å². The van der Waals surface area contributed by atoms with Crippen LogP contribution < -0.4 is 5.32 Å². The van der Waals surface area contributed by atoms with Gasteiger partial charge in [0.2, 0.25) is 5.91 Å². The number of carbonyl (C=O) groups excluding carboxylic acids is 1. The van der Waals surface area contributed by atoms with Gasteiger partial charge in [-0.25, -0.2) is 9.97 Å². The molecule has 3 aromatic carbocycles. The molecule has 0 saturated carbocycles. The van der Waals surface area contributed by atoms with E-state index in [4.69, 9.17) is 0 Å². The van der Waals surface area contributed by atoms with E-state index in [-0.39, 0.29) is 5.91 Å². The number of carbonyl (C=O) groups is 1. The molecule has 0 aliphatic carbocycles. The van der Waals surface area contributed by atoms with Crippen molar-refractivity contribution in [1.82, 2.24) is 9.97 Å². The van der Waals surface area contributed by atoms with Crippen molar-refractivity contribution in [2.24, 2.45) is 0 Å². The summed E-state index contributed by atoms with van der Waals surface area (Å²) in [5.41, 5.74) is 3.38. The second-order valence-corrected chi connectivity index (χ2v) is 6.41. The van der Waals surface area contributed by atoms with Gasteiger partial charge in [-0.3, -0.25) is 4.79 Å². The van der Waals surface area contributed by atoms with Gasteiger partial charge >= 0.3 is 0 Å². The Morgan fingerprint density at radius 2 is 1.14 bits per heavy atom. The molecule has 0 aliphatic rings. The van der Waals surface area contributed by atoms with E-state index in [0.717, 1.165) is 16.7 Å². The Morgan fingerprint density at radius 1 is 0.679 bits per heavy atom. The summed E-state index contributed by atoms with van der Waals surface area (Å²) in [7, 11) is 0. The standard InChI is InChI=1S/C24H19N3O/c28-24(22(18-10-4-1-5-11-18)19-12-6-2-7-13-19)27-21-16-25-23(26-17-21)20-14-8-3-9-15-20/h1-17,22H,(H,27,28). The zero-order chi connectivity index (χ0) is 19.2. The van der Waals surface area contributed by atoms with E-state index in [1.807, 2.05) is 91.0 Å². The highest BCUT2D eigenvalue weighted by atomic mass is 16.1. The molecule has 0 fully saturated rings. The van der Waals surface area contributed by atoms with E-state index in [1.165, 1.54) is 0 Å². The van der Waals surface area contributed by atoms with Crippen LogP contribution in [0, 0.1) is 0 Å². The van der Waals surface area contributed by atoms with Gasteiger partial charge in [0.1, 0.15) is 0 Å². The lowest BCUT2D eigenvalue weighted by Crippen LogP contribution is -2.22. The number of anilines is 1. The summed E-state index contributed by atoms with van der Waals surface area (Å²) < 4.78 is 0. The van der Waals surface area contributed by atoms with E-state index < -0.39 is 5.92 Å². The van der Waals surface area contributed by atoms with Crippen molar-refractivity contribution in [3.63, 3.8) is 0 Å². The van der Waals surface area contributed by atoms with E-state index in [1.54, 1.807) is 12.4 Å². The van der Waals surface area contributed by atoms with Crippen LogP contribution in [-0.2, 0) is 4.79 Å². The minimum absolute atomic E-state index is 0.117. The Hall–Kier alpha value is -3.79. The molecule has 4 nitrogen and oxygen atoms in total. The minimum Gasteiger partial charge on any atom is -0.323 e. The summed E-state index contributed by atoms with van der Waals surface area (Å²) in [6, 6.07) is 29.3. The van der Waals surface area contributed by atoms with Gasteiger partial charge in [-0.2, -0.15) is 0 Å². The van der Waals surface area contributed by atoms with Crippen molar-refractivity contribution >= 4 is 11.6 Å². The molecular weight excluding hydrogens is 346 g/mol. The van der Waals surface area contributed by atoms with Crippen molar-refractivity contribution < 1.29 is 4.79 Å². The zero-order valence-corrected chi connectivity index (χ0v) is 15.2. The average Bonchev–Trinajstić information content (AvgIpc) is 2.77. The van der Waals surface area contributed by atoms with E-state index in [2.05, 4.69) is 15.3 Å². The predicted molar refractivity (Wildman–Crippen MR) is 111 cm³/mol. The van der Waals surface area contributed by atoms with E-state index >= 15 is 0 Å². The molecule has 1 heterocycles. The topological polar surface area (TPSA) is 54.9 Å². The molecule has 1 N–H and O–H groups in total. The normalized spacial score (nSPS) is 10.6. The van der Waals surface area contributed by atoms with E-state index in [0.29, 0.717) is 11.5 Å². The molecule has 4 rings (SSSR count). The molecule has 4 heteroatoms. The molecule has 0 spiro atoms. The lowest BCUT2D eigenvalue weighted by molar-refractivity contribution is -0.116. The summed E-state index contributed by atoms with van der Waals surface area (Å²) in [4.78, 5) is 21.9. The molecule has 0 bridgehead atoms. The number of benzene rings is 3. The molecule has 0 saturated heterocycles. The van der Waals surface area contributed by atoms with Crippen molar-refractivity contribution in [2.75, 3.05) is 5.32 Å². The first-order valence-corrected chi connectivity index (χ1v) is 9.09. The average molecular weight is 365 g/mol. The summed E-state index contributed by atoms with van der Waals surface area (Å²) in [5, 5.41) is 2.95.